The Bertz CT molecular complexity index is 997. The van der Waals surface area contributed by atoms with Crippen LogP contribution in [-0.4, -0.2) is 60.8 Å². The highest BCUT2D eigenvalue weighted by Gasteiger charge is 2.39. The molecule has 5 rings (SSSR count). The zero-order valence-corrected chi connectivity index (χ0v) is 17.7. The predicted octanol–water partition coefficient (Wildman–Crippen LogP) is 2.58. The summed E-state index contributed by atoms with van der Waals surface area (Å²) in [5.41, 5.74) is 3.79. The number of hydrogen-bond acceptors (Lipinski definition) is 6. The Hall–Kier alpha value is -3.32. The number of carbonyl (C=O) groups is 1. The van der Waals surface area contributed by atoms with Crippen LogP contribution < -0.4 is 10.2 Å². The van der Waals surface area contributed by atoms with Gasteiger partial charge in [-0.2, -0.15) is 5.01 Å². The molecule has 1 atom stereocenters. The van der Waals surface area contributed by atoms with E-state index >= 15 is 0 Å². The van der Waals surface area contributed by atoms with Gasteiger partial charge in [0.15, 0.2) is 0 Å². The van der Waals surface area contributed by atoms with Crippen molar-refractivity contribution in [1.29, 1.82) is 0 Å². The van der Waals surface area contributed by atoms with Crippen LogP contribution in [0, 0.1) is 0 Å². The third kappa shape index (κ3) is 4.01. The number of nitrogens with zero attached hydrogens (tertiary/aromatic N) is 4. The highest BCUT2D eigenvalue weighted by Crippen LogP contribution is 2.26. The van der Waals surface area contributed by atoms with Crippen LogP contribution in [0.4, 0.5) is 5.69 Å². The second kappa shape index (κ2) is 8.43. The summed E-state index contributed by atoms with van der Waals surface area (Å²) >= 11 is 0. The van der Waals surface area contributed by atoms with E-state index in [2.05, 4.69) is 44.5 Å². The Balaban J connectivity index is 1.19. The largest absolute Gasteiger partial charge is 0.431 e. The van der Waals surface area contributed by atoms with Crippen LogP contribution in [0.15, 0.2) is 77.0 Å². The molecule has 0 saturated carbocycles. The molecule has 3 aliphatic heterocycles. The van der Waals surface area contributed by atoms with Gasteiger partial charge in [0, 0.05) is 55.2 Å². The first kappa shape index (κ1) is 19.6. The van der Waals surface area contributed by atoms with Crippen molar-refractivity contribution in [3.8, 4) is 0 Å². The Morgan fingerprint density at radius 1 is 1.00 bits per heavy atom. The summed E-state index contributed by atoms with van der Waals surface area (Å²) in [5.74, 6) is 0.396. The number of piperazine rings is 1. The molecular formula is C24H27N5O2. The number of ether oxygens (including phenoxy) is 1. The van der Waals surface area contributed by atoms with E-state index < -0.39 is 6.35 Å². The Morgan fingerprint density at radius 2 is 1.68 bits per heavy atom. The number of anilines is 1. The topological polar surface area (TPSA) is 60.4 Å². The third-order valence-corrected chi connectivity index (χ3v) is 6.10. The number of rotatable bonds is 5. The molecule has 7 nitrogen and oxygen atoms in total. The summed E-state index contributed by atoms with van der Waals surface area (Å²) in [5, 5.41) is 9.17. The van der Waals surface area contributed by atoms with E-state index in [1.54, 1.807) is 0 Å². The second-order valence-corrected chi connectivity index (χ2v) is 8.05. The third-order valence-electron chi connectivity index (χ3n) is 6.10. The van der Waals surface area contributed by atoms with Gasteiger partial charge >= 0.3 is 0 Å². The summed E-state index contributed by atoms with van der Waals surface area (Å²) in [6.07, 6.45) is 0.128. The van der Waals surface area contributed by atoms with Gasteiger partial charge in [0.1, 0.15) is 0 Å². The lowest BCUT2D eigenvalue weighted by Gasteiger charge is -2.36. The summed E-state index contributed by atoms with van der Waals surface area (Å²) in [4.78, 5) is 18.0. The molecule has 7 heteroatoms. The standard InChI is InChI=1S/C24H27N5O2/c1-18-21(12-13-27-14-16-28(17-15-27)20-10-6-3-7-11-20)23(30)29-24(25-18)31-22(26-29)19-8-4-2-5-9-19/h2-11,24-25H,12-17H2,1H3. The number of hydrazone groups is 1. The van der Waals surface area contributed by atoms with Gasteiger partial charge in [0.2, 0.25) is 5.90 Å². The maximum Gasteiger partial charge on any atom is 0.276 e. The van der Waals surface area contributed by atoms with Crippen LogP contribution in [0.3, 0.4) is 0 Å². The van der Waals surface area contributed by atoms with Gasteiger partial charge in [-0.1, -0.05) is 36.4 Å². The number of fused-ring (bicyclic) bond motifs is 1. The van der Waals surface area contributed by atoms with Crippen molar-refractivity contribution in [2.45, 2.75) is 19.7 Å². The molecule has 1 fully saturated rings. The summed E-state index contributed by atoms with van der Waals surface area (Å²) in [6, 6.07) is 20.2. The zero-order valence-electron chi connectivity index (χ0n) is 17.7. The van der Waals surface area contributed by atoms with E-state index in [1.165, 1.54) is 10.7 Å². The summed E-state index contributed by atoms with van der Waals surface area (Å²) in [7, 11) is 0. The molecule has 31 heavy (non-hydrogen) atoms. The molecule has 0 radical (unpaired) electrons. The normalized spacial score (nSPS) is 21.5. The minimum absolute atomic E-state index is 0.0740. The lowest BCUT2D eigenvalue weighted by atomic mass is 10.1. The number of benzene rings is 2. The van der Waals surface area contributed by atoms with E-state index in [4.69, 9.17) is 4.74 Å². The maximum absolute atomic E-state index is 13.1. The van der Waals surface area contributed by atoms with Gasteiger partial charge < -0.3 is 15.0 Å². The van der Waals surface area contributed by atoms with Crippen LogP contribution in [0.2, 0.25) is 0 Å². The molecule has 0 spiro atoms. The molecule has 3 aliphatic rings. The van der Waals surface area contributed by atoms with Crippen molar-refractivity contribution in [1.82, 2.24) is 15.2 Å². The van der Waals surface area contributed by atoms with E-state index in [0.717, 1.165) is 49.6 Å². The van der Waals surface area contributed by atoms with Crippen LogP contribution in [0.25, 0.3) is 0 Å². The lowest BCUT2D eigenvalue weighted by Crippen LogP contribution is -2.50. The van der Waals surface area contributed by atoms with Crippen molar-refractivity contribution in [2.75, 3.05) is 37.6 Å². The molecule has 1 unspecified atom stereocenters. The molecule has 2 aromatic rings. The maximum atomic E-state index is 13.1. The molecule has 1 N–H and O–H groups in total. The first-order chi connectivity index (χ1) is 15.2. The first-order valence-corrected chi connectivity index (χ1v) is 10.8. The van der Waals surface area contributed by atoms with E-state index in [1.807, 2.05) is 43.3 Å². The number of allylic oxidation sites excluding steroid dienone is 1. The minimum Gasteiger partial charge on any atom is -0.431 e. The fourth-order valence-corrected chi connectivity index (χ4v) is 4.28. The molecule has 0 bridgehead atoms. The molecule has 3 heterocycles. The van der Waals surface area contributed by atoms with Crippen LogP contribution in [0.1, 0.15) is 18.9 Å². The number of hydrogen-bond donors (Lipinski definition) is 1. The van der Waals surface area contributed by atoms with Gasteiger partial charge in [0.05, 0.1) is 0 Å². The molecule has 1 saturated heterocycles. The van der Waals surface area contributed by atoms with Gasteiger partial charge in [-0.15, -0.1) is 5.10 Å². The van der Waals surface area contributed by atoms with Crippen LogP contribution in [0.5, 0.6) is 0 Å². The monoisotopic (exact) mass is 417 g/mol. The van der Waals surface area contributed by atoms with Gasteiger partial charge in [0.25, 0.3) is 12.3 Å². The lowest BCUT2D eigenvalue weighted by molar-refractivity contribution is -0.136. The Kier molecular flexibility index (Phi) is 5.34. The number of amides is 1. The van der Waals surface area contributed by atoms with E-state index in [-0.39, 0.29) is 5.91 Å². The smallest absolute Gasteiger partial charge is 0.276 e. The van der Waals surface area contributed by atoms with Crippen molar-refractivity contribution < 1.29 is 9.53 Å². The minimum atomic E-state index is -0.569. The molecule has 2 aromatic carbocycles. The van der Waals surface area contributed by atoms with Crippen molar-refractivity contribution in [3.63, 3.8) is 0 Å². The van der Waals surface area contributed by atoms with Crippen molar-refractivity contribution in [2.24, 2.45) is 5.10 Å². The second-order valence-electron chi connectivity index (χ2n) is 8.05. The SMILES string of the molecule is CC1=C(CCN2CCN(c3ccccc3)CC2)C(=O)N2N=C(c3ccccc3)OC2N1. The van der Waals surface area contributed by atoms with E-state index in [9.17, 15) is 4.79 Å². The highest BCUT2D eigenvalue weighted by atomic mass is 16.6. The molecule has 1 amide bonds. The summed E-state index contributed by atoms with van der Waals surface area (Å²) in [6.45, 7) is 6.80. The first-order valence-electron chi connectivity index (χ1n) is 10.8. The van der Waals surface area contributed by atoms with Crippen LogP contribution in [-0.2, 0) is 9.53 Å². The fourth-order valence-electron chi connectivity index (χ4n) is 4.28. The van der Waals surface area contributed by atoms with Gasteiger partial charge in [-0.25, -0.2) is 0 Å². The molecule has 0 aromatic heterocycles. The number of nitrogens with one attached hydrogen (secondary N) is 1. The number of para-hydroxylation sites is 1. The van der Waals surface area contributed by atoms with Crippen molar-refractivity contribution in [3.05, 3.63) is 77.5 Å². The Morgan fingerprint density at radius 3 is 2.39 bits per heavy atom. The highest BCUT2D eigenvalue weighted by molar-refractivity contribution is 6.00. The summed E-state index contributed by atoms with van der Waals surface area (Å²) < 4.78 is 5.88. The quantitative estimate of drug-likeness (QED) is 0.810. The predicted molar refractivity (Wildman–Crippen MR) is 120 cm³/mol. The molecule has 160 valence electrons. The van der Waals surface area contributed by atoms with Crippen molar-refractivity contribution >= 4 is 17.5 Å². The van der Waals surface area contributed by atoms with Crippen LogP contribution >= 0.6 is 0 Å². The number of carbonyl (C=O) groups excluding carboxylic acids is 1. The van der Waals surface area contributed by atoms with E-state index in [0.29, 0.717) is 12.3 Å². The molecular weight excluding hydrogens is 390 g/mol. The fraction of sp³-hybridized carbons (Fsp3) is 0.333. The Labute approximate surface area is 182 Å². The van der Waals surface area contributed by atoms with Gasteiger partial charge in [-0.05, 0) is 37.6 Å². The zero-order chi connectivity index (χ0) is 21.2. The van der Waals surface area contributed by atoms with Gasteiger partial charge in [-0.3, -0.25) is 9.69 Å². The molecule has 0 aliphatic carbocycles. The average Bonchev–Trinajstić information content (AvgIpc) is 3.25. The average molecular weight is 418 g/mol.